The van der Waals surface area contributed by atoms with Crippen LogP contribution in [0.4, 0.5) is 0 Å². The van der Waals surface area contributed by atoms with Gasteiger partial charge in [0.25, 0.3) is 0 Å². The van der Waals surface area contributed by atoms with Gasteiger partial charge in [0, 0.05) is 26.0 Å². The molecule has 2 amide bonds. The fourth-order valence-corrected chi connectivity index (χ4v) is 4.40. The van der Waals surface area contributed by atoms with Crippen LogP contribution in [0.3, 0.4) is 0 Å². The van der Waals surface area contributed by atoms with Crippen molar-refractivity contribution < 1.29 is 14.3 Å². The van der Waals surface area contributed by atoms with Crippen molar-refractivity contribution >= 4 is 11.8 Å². The minimum Gasteiger partial charge on any atom is -0.360 e. The third-order valence-corrected chi connectivity index (χ3v) is 5.76. The number of ether oxygens (including phenoxy) is 1. The van der Waals surface area contributed by atoms with Gasteiger partial charge < -0.3 is 19.5 Å². The highest BCUT2D eigenvalue weighted by atomic mass is 16.5. The third-order valence-electron chi connectivity index (χ3n) is 5.76. The number of nitrogens with zero attached hydrogens (tertiary/aromatic N) is 3. The summed E-state index contributed by atoms with van der Waals surface area (Å²) in [6.45, 7) is 5.97. The molecule has 1 spiro atoms. The van der Waals surface area contributed by atoms with Crippen LogP contribution < -0.4 is 0 Å². The SMILES string of the molecule is CC(C)CCN1C[C@]23C=C[C@H](O2)[C@@H](C(=O)N(C)Cc2ncc[nH]2)[C@@H]3C1=O. The molecule has 4 atom stereocenters. The van der Waals surface area contributed by atoms with Crippen molar-refractivity contribution in [3.05, 3.63) is 30.4 Å². The molecule has 1 aromatic heterocycles. The van der Waals surface area contributed by atoms with E-state index in [1.54, 1.807) is 24.3 Å². The minimum atomic E-state index is -0.620. The average molecular weight is 358 g/mol. The van der Waals surface area contributed by atoms with Gasteiger partial charge >= 0.3 is 0 Å². The van der Waals surface area contributed by atoms with E-state index in [-0.39, 0.29) is 17.9 Å². The maximum absolute atomic E-state index is 13.1. The van der Waals surface area contributed by atoms with E-state index < -0.39 is 17.4 Å². The van der Waals surface area contributed by atoms with Crippen LogP contribution in [-0.4, -0.2) is 63.4 Å². The molecular weight excluding hydrogens is 332 g/mol. The van der Waals surface area contributed by atoms with E-state index in [9.17, 15) is 9.59 Å². The van der Waals surface area contributed by atoms with Crippen molar-refractivity contribution in [3.63, 3.8) is 0 Å². The van der Waals surface area contributed by atoms with E-state index >= 15 is 0 Å². The first-order valence-electron chi connectivity index (χ1n) is 9.30. The van der Waals surface area contributed by atoms with Gasteiger partial charge in [-0.25, -0.2) is 4.98 Å². The van der Waals surface area contributed by atoms with Crippen LogP contribution in [0.15, 0.2) is 24.5 Å². The van der Waals surface area contributed by atoms with Gasteiger partial charge in [-0.3, -0.25) is 9.59 Å². The summed E-state index contributed by atoms with van der Waals surface area (Å²) >= 11 is 0. The Kier molecular flexibility index (Phi) is 4.14. The van der Waals surface area contributed by atoms with Gasteiger partial charge in [0.05, 0.1) is 31.0 Å². The molecule has 26 heavy (non-hydrogen) atoms. The average Bonchev–Trinajstić information content (AvgIpc) is 3.35. The molecule has 2 fully saturated rings. The smallest absolute Gasteiger partial charge is 0.230 e. The van der Waals surface area contributed by atoms with Crippen LogP contribution in [0.1, 0.15) is 26.1 Å². The van der Waals surface area contributed by atoms with Crippen LogP contribution in [0.5, 0.6) is 0 Å². The number of likely N-dealkylation sites (tertiary alicyclic amines) is 1. The van der Waals surface area contributed by atoms with Crippen molar-refractivity contribution in [3.8, 4) is 0 Å². The van der Waals surface area contributed by atoms with Gasteiger partial charge in [-0.05, 0) is 12.3 Å². The van der Waals surface area contributed by atoms with Gasteiger partial charge in [0.15, 0.2) is 0 Å². The number of fused-ring (bicyclic) bond motifs is 1. The number of hydrogen-bond acceptors (Lipinski definition) is 4. The fraction of sp³-hybridized carbons (Fsp3) is 0.632. The van der Waals surface area contributed by atoms with Crippen molar-refractivity contribution in [2.45, 2.75) is 38.5 Å². The molecule has 0 aliphatic carbocycles. The standard InChI is InChI=1S/C19H26N4O3/c1-12(2)5-9-23-11-19-6-4-13(26-19)15(16(19)18(23)25)17(24)22(3)10-14-20-7-8-21-14/h4,6-8,12-13,15-16H,5,9-11H2,1-3H3,(H,20,21)/t13-,15+,16+,19-/m0/s1. The molecule has 2 saturated heterocycles. The Morgan fingerprint density at radius 2 is 2.35 bits per heavy atom. The van der Waals surface area contributed by atoms with Gasteiger partial charge in [0.1, 0.15) is 11.4 Å². The quantitative estimate of drug-likeness (QED) is 0.775. The molecule has 7 heteroatoms. The molecule has 140 valence electrons. The van der Waals surface area contributed by atoms with Gasteiger partial charge in [-0.15, -0.1) is 0 Å². The molecule has 7 nitrogen and oxygen atoms in total. The zero-order chi connectivity index (χ0) is 18.5. The maximum atomic E-state index is 13.1. The number of nitrogens with one attached hydrogen (secondary N) is 1. The monoisotopic (exact) mass is 358 g/mol. The van der Waals surface area contributed by atoms with Crippen LogP contribution in [0.25, 0.3) is 0 Å². The highest BCUT2D eigenvalue weighted by molar-refractivity contribution is 5.92. The number of carbonyl (C=O) groups is 2. The number of rotatable bonds is 6. The summed E-state index contributed by atoms with van der Waals surface area (Å²) in [6, 6.07) is 0. The Morgan fingerprint density at radius 1 is 1.54 bits per heavy atom. The second kappa shape index (κ2) is 6.23. The van der Waals surface area contributed by atoms with Crippen LogP contribution in [0.2, 0.25) is 0 Å². The third kappa shape index (κ3) is 2.65. The number of imidazole rings is 1. The summed E-state index contributed by atoms with van der Waals surface area (Å²) in [5, 5.41) is 0. The number of amides is 2. The van der Waals surface area contributed by atoms with E-state index in [1.165, 1.54) is 0 Å². The molecule has 0 aromatic carbocycles. The molecule has 1 aromatic rings. The van der Waals surface area contributed by atoms with Crippen LogP contribution >= 0.6 is 0 Å². The first kappa shape index (κ1) is 17.3. The van der Waals surface area contributed by atoms with E-state index in [1.807, 2.05) is 17.1 Å². The van der Waals surface area contributed by atoms with Crippen molar-refractivity contribution in [2.24, 2.45) is 17.8 Å². The molecule has 0 saturated carbocycles. The lowest BCUT2D eigenvalue weighted by Crippen LogP contribution is -2.44. The van der Waals surface area contributed by atoms with Crippen molar-refractivity contribution in [2.75, 3.05) is 20.1 Å². The molecule has 4 heterocycles. The number of H-pyrrole nitrogens is 1. The summed E-state index contributed by atoms with van der Waals surface area (Å²) in [7, 11) is 1.75. The zero-order valence-electron chi connectivity index (χ0n) is 15.5. The lowest BCUT2D eigenvalue weighted by molar-refractivity contribution is -0.142. The van der Waals surface area contributed by atoms with Gasteiger partial charge in [-0.2, -0.15) is 0 Å². The van der Waals surface area contributed by atoms with Crippen LogP contribution in [0, 0.1) is 17.8 Å². The van der Waals surface area contributed by atoms with E-state index in [4.69, 9.17) is 4.74 Å². The second-order valence-electron chi connectivity index (χ2n) is 8.07. The summed E-state index contributed by atoms with van der Waals surface area (Å²) in [5.41, 5.74) is -0.620. The van der Waals surface area contributed by atoms with Crippen LogP contribution in [-0.2, 0) is 20.9 Å². The summed E-state index contributed by atoms with van der Waals surface area (Å²) in [6.07, 6.45) is 8.02. The fourth-order valence-electron chi connectivity index (χ4n) is 4.40. The minimum absolute atomic E-state index is 0.0540. The molecular formula is C19H26N4O3. The predicted octanol–water partition coefficient (Wildman–Crippen LogP) is 1.20. The Bertz CT molecular complexity index is 729. The molecule has 2 bridgehead atoms. The molecule has 4 rings (SSSR count). The molecule has 0 radical (unpaired) electrons. The number of carbonyl (C=O) groups excluding carboxylic acids is 2. The maximum Gasteiger partial charge on any atom is 0.230 e. The first-order valence-corrected chi connectivity index (χ1v) is 9.30. The lowest BCUT2D eigenvalue weighted by atomic mass is 9.76. The topological polar surface area (TPSA) is 78.5 Å². The Hall–Kier alpha value is -2.15. The Morgan fingerprint density at radius 3 is 3.04 bits per heavy atom. The molecule has 3 aliphatic heterocycles. The van der Waals surface area contributed by atoms with Gasteiger partial charge in [0.2, 0.25) is 11.8 Å². The molecule has 3 aliphatic rings. The molecule has 1 N–H and O–H groups in total. The number of aromatic nitrogens is 2. The predicted molar refractivity (Wildman–Crippen MR) is 94.8 cm³/mol. The highest BCUT2D eigenvalue weighted by Gasteiger charge is 2.66. The normalized spacial score (nSPS) is 31.9. The first-order chi connectivity index (χ1) is 12.4. The zero-order valence-corrected chi connectivity index (χ0v) is 15.5. The molecule has 0 unspecified atom stereocenters. The highest BCUT2D eigenvalue weighted by Crippen LogP contribution is 2.52. The van der Waals surface area contributed by atoms with Gasteiger partial charge in [-0.1, -0.05) is 26.0 Å². The number of hydrogen-bond donors (Lipinski definition) is 1. The lowest BCUT2D eigenvalue weighted by Gasteiger charge is -2.27. The van der Waals surface area contributed by atoms with Crippen molar-refractivity contribution in [1.82, 2.24) is 19.8 Å². The van der Waals surface area contributed by atoms with Crippen molar-refractivity contribution in [1.29, 1.82) is 0 Å². The van der Waals surface area contributed by atoms with E-state index in [0.29, 0.717) is 19.0 Å². The Balaban J connectivity index is 1.52. The Labute approximate surface area is 153 Å². The summed E-state index contributed by atoms with van der Waals surface area (Å²) in [5.74, 6) is 0.411. The second-order valence-corrected chi connectivity index (χ2v) is 8.07. The largest absolute Gasteiger partial charge is 0.360 e. The summed E-state index contributed by atoms with van der Waals surface area (Å²) < 4.78 is 6.17. The van der Waals surface area contributed by atoms with E-state index in [2.05, 4.69) is 23.8 Å². The van der Waals surface area contributed by atoms with E-state index in [0.717, 1.165) is 18.8 Å². The summed E-state index contributed by atoms with van der Waals surface area (Å²) in [4.78, 5) is 36.9. The number of aromatic amines is 1.